The van der Waals surface area contributed by atoms with Gasteiger partial charge in [0.2, 0.25) is 0 Å². The molecule has 0 aliphatic heterocycles. The van der Waals surface area contributed by atoms with Gasteiger partial charge in [0.1, 0.15) is 10.2 Å². The first-order valence-electron chi connectivity index (χ1n) is 9.59. The number of halogens is 1. The average molecular weight is 443 g/mol. The minimum absolute atomic E-state index is 0.220. The van der Waals surface area contributed by atoms with Gasteiger partial charge in [-0.15, -0.1) is 0 Å². The molecule has 2 aromatic heterocycles. The van der Waals surface area contributed by atoms with Crippen LogP contribution in [0, 0.1) is 0 Å². The second kappa shape index (κ2) is 7.54. The van der Waals surface area contributed by atoms with E-state index in [2.05, 4.69) is 38.1 Å². The Morgan fingerprint density at radius 3 is 2.50 bits per heavy atom. The lowest BCUT2D eigenvalue weighted by atomic mass is 9.84. The first kappa shape index (κ1) is 18.9. The molecule has 1 N–H and O–H groups in total. The van der Waals surface area contributed by atoms with Crippen LogP contribution in [0.15, 0.2) is 39.7 Å². The summed E-state index contributed by atoms with van der Waals surface area (Å²) < 4.78 is 1.57. The number of hydrogen-bond acceptors (Lipinski definition) is 3. The average Bonchev–Trinajstić information content (AvgIpc) is 3.04. The van der Waals surface area contributed by atoms with Crippen LogP contribution >= 0.6 is 15.9 Å². The van der Waals surface area contributed by atoms with Gasteiger partial charge in [-0.1, -0.05) is 43.5 Å². The minimum Gasteiger partial charge on any atom is -0.345 e. The summed E-state index contributed by atoms with van der Waals surface area (Å²) in [5.74, 6) is 0.418. The molecule has 7 heteroatoms. The maximum absolute atomic E-state index is 12.6. The molecule has 146 valence electrons. The van der Waals surface area contributed by atoms with Crippen LogP contribution in [-0.4, -0.2) is 39.5 Å². The van der Waals surface area contributed by atoms with Gasteiger partial charge >= 0.3 is 0 Å². The molecule has 0 atom stereocenters. The summed E-state index contributed by atoms with van der Waals surface area (Å²) in [5.41, 5.74) is 3.42. The molecule has 6 nitrogen and oxygen atoms in total. The number of carbonyl (C=O) groups excluding carboxylic acids is 1. The quantitative estimate of drug-likeness (QED) is 0.660. The van der Waals surface area contributed by atoms with Gasteiger partial charge in [0.25, 0.3) is 11.5 Å². The molecule has 1 saturated carbocycles. The Labute approximate surface area is 171 Å². The Morgan fingerprint density at radius 1 is 1.18 bits per heavy atom. The summed E-state index contributed by atoms with van der Waals surface area (Å²) in [6.45, 7) is 0. The molecule has 0 saturated heterocycles. The fourth-order valence-electron chi connectivity index (χ4n) is 3.95. The lowest BCUT2D eigenvalue weighted by Gasteiger charge is -2.22. The van der Waals surface area contributed by atoms with Crippen LogP contribution in [0.25, 0.3) is 16.9 Å². The van der Waals surface area contributed by atoms with E-state index < -0.39 is 0 Å². The van der Waals surface area contributed by atoms with Crippen LogP contribution in [-0.2, 0) is 0 Å². The van der Waals surface area contributed by atoms with Crippen LogP contribution in [0.2, 0.25) is 0 Å². The number of carbonyl (C=O) groups is 1. The number of nitrogens with zero attached hydrogens (tertiary/aromatic N) is 3. The molecule has 1 aromatic carbocycles. The zero-order chi connectivity index (χ0) is 19.8. The SMILES string of the molecule is CN(C)C(=O)c1c(Br)nn2c(=O)cc(-c3ccc(C4CCCCC4)cc3)[nH]c12. The van der Waals surface area contributed by atoms with E-state index >= 15 is 0 Å². The summed E-state index contributed by atoms with van der Waals surface area (Å²) in [4.78, 5) is 29.8. The zero-order valence-corrected chi connectivity index (χ0v) is 17.6. The lowest BCUT2D eigenvalue weighted by Crippen LogP contribution is -2.22. The number of hydrogen-bond donors (Lipinski definition) is 1. The van der Waals surface area contributed by atoms with Crippen molar-refractivity contribution in [1.82, 2.24) is 19.5 Å². The summed E-state index contributed by atoms with van der Waals surface area (Å²) >= 11 is 3.31. The van der Waals surface area contributed by atoms with Gasteiger partial charge in [-0.05, 0) is 45.8 Å². The summed E-state index contributed by atoms with van der Waals surface area (Å²) in [6.07, 6.45) is 6.44. The van der Waals surface area contributed by atoms with Crippen LogP contribution in [0.3, 0.4) is 0 Å². The second-order valence-electron chi connectivity index (χ2n) is 7.60. The molecule has 0 radical (unpaired) electrons. The van der Waals surface area contributed by atoms with Crippen molar-refractivity contribution < 1.29 is 4.79 Å². The number of fused-ring (bicyclic) bond motifs is 1. The molecule has 0 bridgehead atoms. The van der Waals surface area contributed by atoms with Crippen molar-refractivity contribution in [3.05, 3.63) is 56.4 Å². The van der Waals surface area contributed by atoms with E-state index in [1.54, 1.807) is 14.1 Å². The molecule has 1 aliphatic carbocycles. The van der Waals surface area contributed by atoms with Gasteiger partial charge in [-0.2, -0.15) is 9.61 Å². The van der Waals surface area contributed by atoms with Crippen molar-refractivity contribution in [2.75, 3.05) is 14.1 Å². The molecule has 3 aromatic rings. The van der Waals surface area contributed by atoms with E-state index in [1.807, 2.05) is 12.1 Å². The van der Waals surface area contributed by atoms with Crippen molar-refractivity contribution in [3.8, 4) is 11.3 Å². The largest absolute Gasteiger partial charge is 0.345 e. The van der Waals surface area contributed by atoms with Crippen LogP contribution in [0.1, 0.15) is 53.9 Å². The molecular formula is C21H23BrN4O2. The molecule has 0 unspecified atom stereocenters. The van der Waals surface area contributed by atoms with Gasteiger partial charge in [-0.3, -0.25) is 9.59 Å². The van der Waals surface area contributed by atoms with E-state index in [-0.39, 0.29) is 11.5 Å². The molecule has 28 heavy (non-hydrogen) atoms. The highest BCUT2D eigenvalue weighted by Gasteiger charge is 2.22. The van der Waals surface area contributed by atoms with E-state index in [9.17, 15) is 9.59 Å². The third kappa shape index (κ3) is 3.39. The Bertz CT molecular complexity index is 1080. The first-order chi connectivity index (χ1) is 13.5. The maximum atomic E-state index is 12.6. The van der Waals surface area contributed by atoms with Crippen molar-refractivity contribution >= 4 is 27.5 Å². The van der Waals surface area contributed by atoms with Gasteiger partial charge < -0.3 is 9.88 Å². The number of amides is 1. The normalized spacial score (nSPS) is 15.1. The van der Waals surface area contributed by atoms with Crippen molar-refractivity contribution in [2.45, 2.75) is 38.0 Å². The molecular weight excluding hydrogens is 420 g/mol. The Hall–Kier alpha value is -2.41. The Balaban J connectivity index is 1.75. The highest BCUT2D eigenvalue weighted by atomic mass is 79.9. The predicted molar refractivity (Wildman–Crippen MR) is 113 cm³/mol. The molecule has 0 spiro atoms. The number of aromatic amines is 1. The van der Waals surface area contributed by atoms with E-state index in [4.69, 9.17) is 0 Å². The molecule has 1 amide bonds. The van der Waals surface area contributed by atoms with Crippen LogP contribution in [0.4, 0.5) is 0 Å². The monoisotopic (exact) mass is 442 g/mol. The lowest BCUT2D eigenvalue weighted by molar-refractivity contribution is 0.0828. The third-order valence-corrected chi connectivity index (χ3v) is 6.05. The van der Waals surface area contributed by atoms with Gasteiger partial charge in [-0.25, -0.2) is 0 Å². The standard InChI is InChI=1S/C21H23BrN4O2/c1-25(2)21(28)18-19(22)24-26-17(27)12-16(23-20(18)26)15-10-8-14(9-11-15)13-6-4-3-5-7-13/h8-13,23H,3-7H2,1-2H3. The van der Waals surface area contributed by atoms with E-state index in [1.165, 1.54) is 53.1 Å². The third-order valence-electron chi connectivity index (χ3n) is 5.49. The van der Waals surface area contributed by atoms with Crippen molar-refractivity contribution in [3.63, 3.8) is 0 Å². The van der Waals surface area contributed by atoms with Crippen molar-refractivity contribution in [1.29, 1.82) is 0 Å². The summed E-state index contributed by atoms with van der Waals surface area (Å²) in [5, 5.41) is 4.17. The fraction of sp³-hybridized carbons (Fsp3) is 0.381. The first-order valence-corrected chi connectivity index (χ1v) is 10.4. The maximum Gasteiger partial charge on any atom is 0.274 e. The summed E-state index contributed by atoms with van der Waals surface area (Å²) in [6, 6.07) is 9.93. The summed E-state index contributed by atoms with van der Waals surface area (Å²) in [7, 11) is 3.34. The fourth-order valence-corrected chi connectivity index (χ4v) is 4.47. The molecule has 1 fully saturated rings. The van der Waals surface area contributed by atoms with Crippen molar-refractivity contribution in [2.24, 2.45) is 0 Å². The predicted octanol–water partition coefficient (Wildman–Crippen LogP) is 4.20. The minimum atomic E-state index is -0.279. The highest BCUT2D eigenvalue weighted by molar-refractivity contribution is 9.10. The Kier molecular flexibility index (Phi) is 5.10. The van der Waals surface area contributed by atoms with Crippen LogP contribution < -0.4 is 5.56 Å². The number of H-pyrrole nitrogens is 1. The molecule has 2 heterocycles. The Morgan fingerprint density at radius 2 is 1.86 bits per heavy atom. The van der Waals surface area contributed by atoms with Gasteiger partial charge in [0.05, 0.1) is 5.69 Å². The van der Waals surface area contributed by atoms with E-state index in [0.29, 0.717) is 27.4 Å². The highest BCUT2D eigenvalue weighted by Crippen LogP contribution is 2.33. The van der Waals surface area contributed by atoms with Gasteiger partial charge in [0, 0.05) is 20.2 Å². The zero-order valence-electron chi connectivity index (χ0n) is 16.0. The topological polar surface area (TPSA) is 70.5 Å². The van der Waals surface area contributed by atoms with Gasteiger partial charge in [0.15, 0.2) is 5.65 Å². The number of aromatic nitrogens is 3. The van der Waals surface area contributed by atoms with E-state index in [0.717, 1.165) is 5.56 Å². The molecule has 1 aliphatic rings. The van der Waals surface area contributed by atoms with Crippen LogP contribution in [0.5, 0.6) is 0 Å². The number of benzene rings is 1. The number of nitrogens with one attached hydrogen (secondary N) is 1. The second-order valence-corrected chi connectivity index (χ2v) is 8.36. The molecule has 4 rings (SSSR count). The number of rotatable bonds is 3. The smallest absolute Gasteiger partial charge is 0.274 e.